The maximum atomic E-state index is 13.4. The van der Waals surface area contributed by atoms with Crippen molar-refractivity contribution in [3.05, 3.63) is 87.7 Å². The molecule has 2 atom stereocenters. The van der Waals surface area contributed by atoms with Gasteiger partial charge in [0.2, 0.25) is 5.91 Å². The number of carbonyl (C=O) groups is 2. The lowest BCUT2D eigenvalue weighted by Gasteiger charge is -2.39. The van der Waals surface area contributed by atoms with Gasteiger partial charge in [-0.15, -0.1) is 0 Å². The second-order valence-corrected chi connectivity index (χ2v) is 18.5. The molecule has 14 heteroatoms. The third kappa shape index (κ3) is 8.14. The lowest BCUT2D eigenvalue weighted by Crippen LogP contribution is -2.46. The summed E-state index contributed by atoms with van der Waals surface area (Å²) in [4.78, 5) is 49.3. The van der Waals surface area contributed by atoms with Crippen LogP contribution in [0.25, 0.3) is 21.9 Å². The number of nitrogens with one attached hydrogen (secondary N) is 2. The highest BCUT2D eigenvalue weighted by Gasteiger charge is 2.33. The highest BCUT2D eigenvalue weighted by Crippen LogP contribution is 2.39. The zero-order chi connectivity index (χ0) is 41.9. The van der Waals surface area contributed by atoms with E-state index in [2.05, 4.69) is 49.4 Å². The summed E-state index contributed by atoms with van der Waals surface area (Å²) in [5.74, 6) is 0.478. The number of imidazole rings is 1. The fourth-order valence-corrected chi connectivity index (χ4v) is 10.1. The Morgan fingerprint density at radius 2 is 1.72 bits per heavy atom. The summed E-state index contributed by atoms with van der Waals surface area (Å²) < 4.78 is 5.38. The number of carbonyl (C=O) groups excluding carboxylic acids is 2. The molecule has 14 nitrogen and oxygen atoms in total. The predicted octanol–water partition coefficient (Wildman–Crippen LogP) is 5.54. The van der Waals surface area contributed by atoms with E-state index in [4.69, 9.17) is 5.10 Å². The topological polar surface area (TPSA) is 163 Å². The Hall–Kier alpha value is -4.89. The number of fused-ring (bicyclic) bond motifs is 2. The van der Waals surface area contributed by atoms with Crippen molar-refractivity contribution in [2.45, 2.75) is 120 Å². The van der Waals surface area contributed by atoms with Crippen LogP contribution in [0.3, 0.4) is 0 Å². The van der Waals surface area contributed by atoms with Gasteiger partial charge in [0.25, 0.3) is 5.91 Å². The Balaban J connectivity index is 0.792. The Labute approximate surface area is 350 Å². The Morgan fingerprint density at radius 1 is 0.967 bits per heavy atom. The second-order valence-electron chi connectivity index (χ2n) is 18.5. The molecule has 9 rings (SSSR count). The van der Waals surface area contributed by atoms with Crippen molar-refractivity contribution in [1.82, 2.24) is 39.0 Å². The number of nitrogens with zero attached hydrogens (tertiary/aromatic N) is 7. The zero-order valence-corrected chi connectivity index (χ0v) is 35.3. The van der Waals surface area contributed by atoms with Gasteiger partial charge in [0.05, 0.1) is 28.2 Å². The first kappa shape index (κ1) is 40.5. The molecule has 4 N–H and O–H groups in total. The summed E-state index contributed by atoms with van der Waals surface area (Å²) in [5, 5.41) is 32.6. The number of aromatic nitrogens is 5. The minimum absolute atomic E-state index is 0.207. The number of rotatable bonds is 11. The Bertz CT molecular complexity index is 2460. The van der Waals surface area contributed by atoms with E-state index >= 15 is 0 Å². The van der Waals surface area contributed by atoms with Crippen LogP contribution in [0.1, 0.15) is 123 Å². The van der Waals surface area contributed by atoms with Crippen LogP contribution in [0.4, 0.5) is 5.69 Å². The SMILES string of the molecule is CN(C[C@H]1CC[C@H](n2cc3cc(NC(=O)c4cccc(C5CC5)n4)c(C(C)(C)O)cc3n2)CC1)C1CCN(Cc2cccc3c2n(C)c(=O)n3C2CCC(O)NC2=O)CC1. The molecule has 0 radical (unpaired) electrons. The quantitative estimate of drug-likeness (QED) is 0.134. The van der Waals surface area contributed by atoms with Crippen molar-refractivity contribution in [2.24, 2.45) is 13.0 Å². The summed E-state index contributed by atoms with van der Waals surface area (Å²) in [7, 11) is 4.07. The van der Waals surface area contributed by atoms with Gasteiger partial charge >= 0.3 is 5.69 Å². The molecule has 0 bridgehead atoms. The molecule has 2 unspecified atom stereocenters. The van der Waals surface area contributed by atoms with Crippen molar-refractivity contribution in [2.75, 3.05) is 32.0 Å². The molecular weight excluding hydrogens is 759 g/mol. The molecule has 2 aliphatic carbocycles. The Morgan fingerprint density at radius 3 is 2.43 bits per heavy atom. The van der Waals surface area contributed by atoms with E-state index in [-0.39, 0.29) is 17.5 Å². The summed E-state index contributed by atoms with van der Waals surface area (Å²) in [6, 6.07) is 15.7. The maximum absolute atomic E-state index is 13.4. The summed E-state index contributed by atoms with van der Waals surface area (Å²) >= 11 is 0. The molecule has 2 aliphatic heterocycles. The molecule has 4 fully saturated rings. The third-order valence-corrected chi connectivity index (χ3v) is 13.7. The largest absolute Gasteiger partial charge is 0.386 e. The second kappa shape index (κ2) is 16.2. The molecule has 2 saturated heterocycles. The van der Waals surface area contributed by atoms with Crippen LogP contribution in [-0.2, 0) is 24.0 Å². The van der Waals surface area contributed by atoms with E-state index < -0.39 is 17.9 Å². The first-order chi connectivity index (χ1) is 28.8. The Kier molecular flexibility index (Phi) is 10.9. The molecule has 5 heterocycles. The minimum Gasteiger partial charge on any atom is -0.386 e. The van der Waals surface area contributed by atoms with Gasteiger partial charge in [-0.3, -0.25) is 28.3 Å². The summed E-state index contributed by atoms with van der Waals surface area (Å²) in [6.07, 6.45) is 10.9. The molecule has 2 amide bonds. The molecule has 5 aromatic rings. The number of hydrogen-bond acceptors (Lipinski definition) is 9. The number of aliphatic hydroxyl groups is 2. The van der Waals surface area contributed by atoms with E-state index in [9.17, 15) is 24.6 Å². The molecule has 4 aliphatic rings. The number of pyridine rings is 1. The van der Waals surface area contributed by atoms with Gasteiger partial charge in [0.1, 0.15) is 18.0 Å². The average molecular weight is 818 g/mol. The van der Waals surface area contributed by atoms with E-state index in [1.807, 2.05) is 36.4 Å². The minimum atomic E-state index is -1.18. The average Bonchev–Trinajstić information content (AvgIpc) is 3.95. The predicted molar refractivity (Wildman–Crippen MR) is 231 cm³/mol. The number of piperidine rings is 2. The lowest BCUT2D eigenvalue weighted by atomic mass is 9.85. The van der Waals surface area contributed by atoms with Crippen molar-refractivity contribution in [3.8, 4) is 0 Å². The van der Waals surface area contributed by atoms with Crippen molar-refractivity contribution < 1.29 is 19.8 Å². The number of benzene rings is 2. The van der Waals surface area contributed by atoms with Crippen molar-refractivity contribution in [3.63, 3.8) is 0 Å². The monoisotopic (exact) mass is 817 g/mol. The van der Waals surface area contributed by atoms with Crippen molar-refractivity contribution >= 4 is 39.4 Å². The van der Waals surface area contributed by atoms with Gasteiger partial charge in [-0.2, -0.15) is 5.10 Å². The number of hydrogen-bond donors (Lipinski definition) is 4. The van der Waals surface area contributed by atoms with Crippen LogP contribution in [0.5, 0.6) is 0 Å². The first-order valence-electron chi connectivity index (χ1n) is 21.9. The van der Waals surface area contributed by atoms with Gasteiger partial charge in [0, 0.05) is 60.6 Å². The van der Waals surface area contributed by atoms with Crippen LogP contribution in [0, 0.1) is 5.92 Å². The molecule has 60 heavy (non-hydrogen) atoms. The third-order valence-electron chi connectivity index (χ3n) is 13.7. The molecule has 0 spiro atoms. The standard InChI is InChI=1S/C46H59N9O5/c1-46(2,60)34-24-37-31(23-38(34)48-43(57)36-9-6-8-35(47-36)29-13-14-29)27-54(50-37)33-15-11-28(12-16-33)25-51(3)32-19-21-53(22-20-32)26-30-7-5-10-39-42(30)52(4)45(59)55(39)40-17-18-41(56)49-44(40)58/h5-10,23-24,27-29,32-33,40-41,56,60H,11-22,25-26H2,1-4H3,(H,48,57)(H,49,58)/t28-,33-,40?,41?. The van der Waals surface area contributed by atoms with Crippen LogP contribution >= 0.6 is 0 Å². The van der Waals surface area contributed by atoms with Crippen LogP contribution in [0.15, 0.2) is 59.5 Å². The summed E-state index contributed by atoms with van der Waals surface area (Å²) in [6.45, 7) is 7.25. The molecule has 318 valence electrons. The number of amides is 2. The first-order valence-corrected chi connectivity index (χ1v) is 21.9. The highest BCUT2D eigenvalue weighted by atomic mass is 16.3. The van der Waals surface area contributed by atoms with Gasteiger partial charge in [0.15, 0.2) is 0 Å². The zero-order valence-electron chi connectivity index (χ0n) is 35.3. The summed E-state index contributed by atoms with van der Waals surface area (Å²) in [5.41, 5.74) is 4.68. The number of likely N-dealkylation sites (tertiary alicyclic amines) is 1. The van der Waals surface area contributed by atoms with Crippen LogP contribution < -0.4 is 16.3 Å². The number of aryl methyl sites for hydroxylation is 1. The van der Waals surface area contributed by atoms with Crippen molar-refractivity contribution in [1.29, 1.82) is 0 Å². The molecule has 2 saturated carbocycles. The van der Waals surface area contributed by atoms with Gasteiger partial charge in [-0.25, -0.2) is 9.78 Å². The smallest absolute Gasteiger partial charge is 0.329 e. The normalized spacial score (nSPS) is 23.4. The molecule has 2 aromatic carbocycles. The van der Waals surface area contributed by atoms with Crippen LogP contribution in [0.2, 0.25) is 0 Å². The van der Waals surface area contributed by atoms with E-state index in [1.54, 1.807) is 36.1 Å². The maximum Gasteiger partial charge on any atom is 0.329 e. The number of aliphatic hydroxyl groups excluding tert-OH is 1. The van der Waals surface area contributed by atoms with E-state index in [0.29, 0.717) is 53.7 Å². The number of anilines is 1. The van der Waals surface area contributed by atoms with E-state index in [0.717, 1.165) is 111 Å². The fourth-order valence-electron chi connectivity index (χ4n) is 10.1. The van der Waals surface area contributed by atoms with Gasteiger partial charge in [-0.1, -0.05) is 18.2 Å². The number of para-hydroxylation sites is 1. The lowest BCUT2D eigenvalue weighted by molar-refractivity contribution is -0.130. The van der Waals surface area contributed by atoms with Gasteiger partial charge in [-0.05, 0) is 140 Å². The van der Waals surface area contributed by atoms with E-state index in [1.165, 1.54) is 0 Å². The van der Waals surface area contributed by atoms with Gasteiger partial charge < -0.3 is 25.7 Å². The highest BCUT2D eigenvalue weighted by molar-refractivity contribution is 6.04. The molecule has 3 aromatic heterocycles. The molecular formula is C46H59N9O5. The van der Waals surface area contributed by atoms with Crippen LogP contribution in [-0.4, -0.2) is 94.7 Å². The fraction of sp³-hybridized carbons (Fsp3) is 0.543.